The Morgan fingerprint density at radius 3 is 2.45 bits per heavy atom. The summed E-state index contributed by atoms with van der Waals surface area (Å²) in [4.78, 5) is 36.1. The maximum absolute atomic E-state index is 12.7. The summed E-state index contributed by atoms with van der Waals surface area (Å²) in [6.45, 7) is 0.0328. The van der Waals surface area contributed by atoms with Crippen LogP contribution >= 0.6 is 23.2 Å². The third-order valence-corrected chi connectivity index (χ3v) is 5.51. The van der Waals surface area contributed by atoms with Crippen LogP contribution in [0.1, 0.15) is 11.1 Å². The van der Waals surface area contributed by atoms with Crippen molar-refractivity contribution in [2.24, 2.45) is 0 Å². The molecule has 0 atom stereocenters. The van der Waals surface area contributed by atoms with Gasteiger partial charge in [0.2, 0.25) is 0 Å². The van der Waals surface area contributed by atoms with Crippen molar-refractivity contribution in [3.8, 4) is 5.75 Å². The van der Waals surface area contributed by atoms with Crippen molar-refractivity contribution in [1.82, 2.24) is 5.43 Å². The van der Waals surface area contributed by atoms with Crippen LogP contribution in [0.3, 0.4) is 0 Å². The molecule has 0 bridgehead atoms. The van der Waals surface area contributed by atoms with Crippen LogP contribution in [-0.2, 0) is 16.2 Å². The van der Waals surface area contributed by atoms with Gasteiger partial charge in [0, 0.05) is 6.07 Å². The van der Waals surface area contributed by atoms with Gasteiger partial charge in [0.1, 0.15) is 12.2 Å². The fourth-order valence-electron chi connectivity index (χ4n) is 3.16. The molecule has 0 aliphatic carbocycles. The smallest absolute Gasteiger partial charge is 0.311 e. The first-order chi connectivity index (χ1) is 15.8. The fraction of sp³-hybridized carbons (Fsp3) is 0.0435. The number of halogens is 2. The van der Waals surface area contributed by atoms with E-state index in [9.17, 15) is 19.7 Å². The minimum absolute atomic E-state index is 0.0290. The topological polar surface area (TPSA) is 102 Å². The van der Waals surface area contributed by atoms with Gasteiger partial charge >= 0.3 is 5.69 Å². The highest BCUT2D eigenvalue weighted by Crippen LogP contribution is 2.31. The van der Waals surface area contributed by atoms with E-state index in [0.717, 1.165) is 5.01 Å². The number of nitro benzene ring substituents is 1. The van der Waals surface area contributed by atoms with Crippen LogP contribution in [0.25, 0.3) is 6.08 Å². The second-order valence-corrected chi connectivity index (χ2v) is 7.81. The van der Waals surface area contributed by atoms with E-state index in [4.69, 9.17) is 27.9 Å². The van der Waals surface area contributed by atoms with Gasteiger partial charge < -0.3 is 4.74 Å². The lowest BCUT2D eigenvalue weighted by atomic mass is 10.1. The molecule has 1 saturated heterocycles. The maximum atomic E-state index is 12.7. The molecule has 0 radical (unpaired) electrons. The minimum atomic E-state index is -0.605. The molecular formula is C23H15Cl2N3O5. The number of hydrazine groups is 1. The Morgan fingerprint density at radius 2 is 1.76 bits per heavy atom. The molecule has 8 nitrogen and oxygen atoms in total. The molecule has 4 rings (SSSR count). The lowest BCUT2D eigenvalue weighted by Gasteiger charge is -2.13. The van der Waals surface area contributed by atoms with E-state index in [-0.39, 0.29) is 23.6 Å². The van der Waals surface area contributed by atoms with Gasteiger partial charge in [0.15, 0.2) is 5.75 Å². The van der Waals surface area contributed by atoms with Crippen molar-refractivity contribution in [3.63, 3.8) is 0 Å². The number of amides is 2. The van der Waals surface area contributed by atoms with Gasteiger partial charge in [-0.3, -0.25) is 25.1 Å². The van der Waals surface area contributed by atoms with E-state index in [1.807, 2.05) is 0 Å². The second kappa shape index (κ2) is 9.32. The number of nitrogens with zero attached hydrogens (tertiary/aromatic N) is 2. The first kappa shape index (κ1) is 22.3. The summed E-state index contributed by atoms with van der Waals surface area (Å²) in [6, 6.07) is 17.7. The zero-order valence-corrected chi connectivity index (χ0v) is 18.3. The number of carbonyl (C=O) groups is 2. The van der Waals surface area contributed by atoms with Crippen molar-refractivity contribution in [3.05, 3.63) is 104 Å². The number of anilines is 1. The minimum Gasteiger partial charge on any atom is -0.482 e. The van der Waals surface area contributed by atoms with Crippen LogP contribution in [0.2, 0.25) is 10.0 Å². The van der Waals surface area contributed by atoms with E-state index >= 15 is 0 Å². The molecule has 1 heterocycles. The van der Waals surface area contributed by atoms with Gasteiger partial charge in [-0.2, -0.15) is 0 Å². The standard InChI is InChI=1S/C23H15Cl2N3O5/c24-18-8-6-15(11-19(18)25)13-33-21-9-7-14(12-20(21)28(31)32)10-17-22(29)26-27(23(17)30)16-4-2-1-3-5-16/h1-12H,13H2,(H,26,29). The molecular weight excluding hydrogens is 469 g/mol. The van der Waals surface area contributed by atoms with Gasteiger partial charge in [-0.05, 0) is 47.5 Å². The molecule has 0 spiro atoms. The fourth-order valence-corrected chi connectivity index (χ4v) is 3.48. The van der Waals surface area contributed by atoms with Gasteiger partial charge in [0.05, 0.1) is 20.7 Å². The Morgan fingerprint density at radius 1 is 1.00 bits per heavy atom. The van der Waals surface area contributed by atoms with Crippen molar-refractivity contribution < 1.29 is 19.2 Å². The van der Waals surface area contributed by atoms with Crippen LogP contribution in [0.5, 0.6) is 5.75 Å². The number of benzene rings is 3. The Bertz CT molecular complexity index is 1290. The molecule has 1 N–H and O–H groups in total. The van der Waals surface area contributed by atoms with E-state index in [1.165, 1.54) is 24.3 Å². The number of hydrogen-bond donors (Lipinski definition) is 1. The van der Waals surface area contributed by atoms with E-state index in [1.54, 1.807) is 48.5 Å². The highest BCUT2D eigenvalue weighted by Gasteiger charge is 2.34. The van der Waals surface area contributed by atoms with Crippen molar-refractivity contribution in [2.45, 2.75) is 6.61 Å². The summed E-state index contributed by atoms with van der Waals surface area (Å²) in [7, 11) is 0. The van der Waals surface area contributed by atoms with Crippen molar-refractivity contribution in [2.75, 3.05) is 5.01 Å². The number of nitrogens with one attached hydrogen (secondary N) is 1. The van der Waals surface area contributed by atoms with Crippen LogP contribution in [-0.4, -0.2) is 16.7 Å². The summed E-state index contributed by atoms with van der Waals surface area (Å²) >= 11 is 11.9. The lowest BCUT2D eigenvalue weighted by Crippen LogP contribution is -2.35. The van der Waals surface area contributed by atoms with Crippen LogP contribution in [0.15, 0.2) is 72.3 Å². The van der Waals surface area contributed by atoms with Crippen LogP contribution in [0, 0.1) is 10.1 Å². The number of hydrogen-bond acceptors (Lipinski definition) is 5. The van der Waals surface area contributed by atoms with E-state index < -0.39 is 16.7 Å². The van der Waals surface area contributed by atoms with E-state index in [0.29, 0.717) is 26.9 Å². The Balaban J connectivity index is 1.57. The van der Waals surface area contributed by atoms with E-state index in [2.05, 4.69) is 5.43 Å². The predicted octanol–water partition coefficient (Wildman–Crippen LogP) is 4.94. The van der Waals surface area contributed by atoms with Gasteiger partial charge in [-0.25, -0.2) is 5.01 Å². The molecule has 0 unspecified atom stereocenters. The molecule has 1 aliphatic heterocycles. The van der Waals surface area contributed by atoms with Crippen LogP contribution < -0.4 is 15.2 Å². The molecule has 3 aromatic rings. The average molecular weight is 484 g/mol. The van der Waals surface area contributed by atoms with Gasteiger partial charge in [-0.15, -0.1) is 0 Å². The van der Waals surface area contributed by atoms with Crippen molar-refractivity contribution >= 4 is 52.5 Å². The summed E-state index contributed by atoms with van der Waals surface area (Å²) in [5.74, 6) is -1.14. The average Bonchev–Trinajstić information content (AvgIpc) is 3.09. The molecule has 33 heavy (non-hydrogen) atoms. The summed E-state index contributed by atoms with van der Waals surface area (Å²) < 4.78 is 5.60. The zero-order valence-electron chi connectivity index (χ0n) is 16.8. The quantitative estimate of drug-likeness (QED) is 0.231. The summed E-state index contributed by atoms with van der Waals surface area (Å²) in [5.41, 5.74) is 3.51. The molecule has 0 aromatic heterocycles. The first-order valence-electron chi connectivity index (χ1n) is 9.61. The first-order valence-corrected chi connectivity index (χ1v) is 10.4. The third-order valence-electron chi connectivity index (χ3n) is 4.77. The molecule has 2 amide bonds. The largest absolute Gasteiger partial charge is 0.482 e. The van der Waals surface area contributed by atoms with Gasteiger partial charge in [0.25, 0.3) is 11.8 Å². The van der Waals surface area contributed by atoms with Crippen molar-refractivity contribution in [1.29, 1.82) is 0 Å². The highest BCUT2D eigenvalue weighted by atomic mass is 35.5. The SMILES string of the molecule is O=C1NN(c2ccccc2)C(=O)C1=Cc1ccc(OCc2ccc(Cl)c(Cl)c2)c([N+](=O)[O-])c1. The Kier molecular flexibility index (Phi) is 6.30. The second-order valence-electron chi connectivity index (χ2n) is 7.00. The van der Waals surface area contributed by atoms with Crippen LogP contribution in [0.4, 0.5) is 11.4 Å². The number of carbonyl (C=O) groups excluding carboxylic acids is 2. The number of nitro groups is 1. The third kappa shape index (κ3) is 4.82. The number of rotatable bonds is 6. The molecule has 0 saturated carbocycles. The lowest BCUT2D eigenvalue weighted by molar-refractivity contribution is -0.386. The molecule has 166 valence electrons. The van der Waals surface area contributed by atoms with Gasteiger partial charge in [-0.1, -0.05) is 53.5 Å². The summed E-state index contributed by atoms with van der Waals surface area (Å²) in [6.07, 6.45) is 1.30. The molecule has 3 aromatic carbocycles. The zero-order chi connectivity index (χ0) is 23.5. The monoisotopic (exact) mass is 483 g/mol. The maximum Gasteiger partial charge on any atom is 0.311 e. The summed E-state index contributed by atoms with van der Waals surface area (Å²) in [5, 5.41) is 13.5. The molecule has 1 fully saturated rings. The predicted molar refractivity (Wildman–Crippen MR) is 124 cm³/mol. The Labute approximate surface area is 198 Å². The molecule has 1 aliphatic rings. The highest BCUT2D eigenvalue weighted by molar-refractivity contribution is 6.42. The normalized spacial score (nSPS) is 14.5. The number of ether oxygens (including phenoxy) is 1. The number of para-hydroxylation sites is 1. The molecule has 10 heteroatoms. The Hall–Kier alpha value is -3.88.